The average molecular weight is 368 g/mol. The predicted molar refractivity (Wildman–Crippen MR) is 84.7 cm³/mol. The number of likely N-dealkylation sites (N-methyl/N-ethyl adjacent to an activating group) is 1. The van der Waals surface area contributed by atoms with E-state index in [9.17, 15) is 18.0 Å². The van der Waals surface area contributed by atoms with E-state index in [0.717, 1.165) is 4.52 Å². The Kier molecular flexibility index (Phi) is 4.26. The van der Waals surface area contributed by atoms with Gasteiger partial charge in [0.25, 0.3) is 11.6 Å². The van der Waals surface area contributed by atoms with Crippen LogP contribution in [-0.4, -0.2) is 54.3 Å². The standard InChI is InChI=1S/C14H15F3N8O/c1-8-4-10(25-13(19-8)21-12(22-25)14(15,16)17)20-9-5-18-24(6-9)7-11(26)23(2)3/h4-6,20H,7H2,1-3H3. The molecule has 0 saturated heterocycles. The minimum Gasteiger partial charge on any atom is -0.347 e. The summed E-state index contributed by atoms with van der Waals surface area (Å²) in [5.74, 6) is -1.34. The Balaban J connectivity index is 1.90. The molecule has 3 rings (SSSR count). The Morgan fingerprint density at radius 2 is 2.04 bits per heavy atom. The van der Waals surface area contributed by atoms with Gasteiger partial charge in [-0.1, -0.05) is 0 Å². The maximum atomic E-state index is 12.8. The van der Waals surface area contributed by atoms with E-state index in [0.29, 0.717) is 11.4 Å². The molecule has 0 aliphatic heterocycles. The number of aromatic nitrogens is 6. The van der Waals surface area contributed by atoms with Gasteiger partial charge < -0.3 is 10.2 Å². The number of fused-ring (bicyclic) bond motifs is 1. The molecule has 0 aromatic carbocycles. The number of halogens is 3. The number of carbonyl (C=O) groups excluding carboxylic acids is 1. The van der Waals surface area contributed by atoms with E-state index in [2.05, 4.69) is 25.5 Å². The third kappa shape index (κ3) is 3.58. The summed E-state index contributed by atoms with van der Waals surface area (Å²) in [7, 11) is 3.26. The highest BCUT2D eigenvalue weighted by Gasteiger charge is 2.36. The van der Waals surface area contributed by atoms with Crippen LogP contribution in [0.1, 0.15) is 11.5 Å². The summed E-state index contributed by atoms with van der Waals surface area (Å²) in [6.45, 7) is 1.67. The van der Waals surface area contributed by atoms with Crippen LogP contribution >= 0.6 is 0 Å². The fourth-order valence-electron chi connectivity index (χ4n) is 2.14. The molecule has 3 aromatic rings. The highest BCUT2D eigenvalue weighted by molar-refractivity contribution is 5.75. The van der Waals surface area contributed by atoms with Gasteiger partial charge in [-0.05, 0) is 6.92 Å². The summed E-state index contributed by atoms with van der Waals surface area (Å²) in [5, 5.41) is 10.4. The van der Waals surface area contributed by atoms with Crippen molar-refractivity contribution in [1.82, 2.24) is 34.3 Å². The number of alkyl halides is 3. The van der Waals surface area contributed by atoms with Crippen LogP contribution in [0, 0.1) is 6.92 Å². The normalized spacial score (nSPS) is 11.8. The summed E-state index contributed by atoms with van der Waals surface area (Å²) < 4.78 is 40.9. The zero-order valence-corrected chi connectivity index (χ0v) is 14.1. The first-order valence-electron chi connectivity index (χ1n) is 7.45. The van der Waals surface area contributed by atoms with Gasteiger partial charge in [0.15, 0.2) is 0 Å². The second-order valence-corrected chi connectivity index (χ2v) is 5.77. The predicted octanol–water partition coefficient (Wildman–Crippen LogP) is 1.48. The molecule has 138 valence electrons. The molecule has 9 nitrogen and oxygen atoms in total. The molecule has 12 heteroatoms. The quantitative estimate of drug-likeness (QED) is 0.750. The second-order valence-electron chi connectivity index (χ2n) is 5.77. The zero-order valence-electron chi connectivity index (χ0n) is 14.1. The van der Waals surface area contributed by atoms with Crippen LogP contribution in [-0.2, 0) is 17.5 Å². The number of hydrogen-bond donors (Lipinski definition) is 1. The van der Waals surface area contributed by atoms with Crippen molar-refractivity contribution < 1.29 is 18.0 Å². The van der Waals surface area contributed by atoms with Crippen LogP contribution in [0.3, 0.4) is 0 Å². The molecule has 3 aromatic heterocycles. The lowest BCUT2D eigenvalue weighted by Gasteiger charge is -2.09. The highest BCUT2D eigenvalue weighted by atomic mass is 19.4. The van der Waals surface area contributed by atoms with Crippen molar-refractivity contribution in [3.63, 3.8) is 0 Å². The van der Waals surface area contributed by atoms with Crippen LogP contribution in [0.25, 0.3) is 5.78 Å². The van der Waals surface area contributed by atoms with Gasteiger partial charge in [0.2, 0.25) is 5.91 Å². The minimum atomic E-state index is -4.67. The van der Waals surface area contributed by atoms with Gasteiger partial charge in [-0.3, -0.25) is 9.48 Å². The molecule has 0 unspecified atom stereocenters. The summed E-state index contributed by atoms with van der Waals surface area (Å²) in [6, 6.07) is 1.53. The zero-order chi connectivity index (χ0) is 19.1. The Bertz CT molecular complexity index is 959. The minimum absolute atomic E-state index is 0.0427. The van der Waals surface area contributed by atoms with Gasteiger partial charge in [0.1, 0.15) is 12.4 Å². The van der Waals surface area contributed by atoms with Crippen LogP contribution in [0.2, 0.25) is 0 Å². The Morgan fingerprint density at radius 1 is 1.31 bits per heavy atom. The Hall–Kier alpha value is -3.18. The van der Waals surface area contributed by atoms with Gasteiger partial charge in [-0.15, -0.1) is 5.10 Å². The smallest absolute Gasteiger partial charge is 0.347 e. The molecule has 0 bridgehead atoms. The highest BCUT2D eigenvalue weighted by Crippen LogP contribution is 2.27. The molecule has 3 heterocycles. The van der Waals surface area contributed by atoms with Gasteiger partial charge in [-0.2, -0.15) is 27.8 Å². The molecular weight excluding hydrogens is 353 g/mol. The van der Waals surface area contributed by atoms with Crippen molar-refractivity contribution in [2.24, 2.45) is 0 Å². The van der Waals surface area contributed by atoms with Gasteiger partial charge in [-0.25, -0.2) is 4.98 Å². The number of hydrogen-bond acceptors (Lipinski definition) is 6. The van der Waals surface area contributed by atoms with Crippen molar-refractivity contribution in [3.8, 4) is 0 Å². The third-order valence-electron chi connectivity index (χ3n) is 3.40. The number of anilines is 2. The maximum absolute atomic E-state index is 12.8. The van der Waals surface area contributed by atoms with Gasteiger partial charge in [0.05, 0.1) is 11.9 Å². The second kappa shape index (κ2) is 6.28. The third-order valence-corrected chi connectivity index (χ3v) is 3.40. The topological polar surface area (TPSA) is 93.2 Å². The summed E-state index contributed by atoms with van der Waals surface area (Å²) in [4.78, 5) is 20.5. The molecule has 0 radical (unpaired) electrons. The lowest BCUT2D eigenvalue weighted by Crippen LogP contribution is -2.26. The van der Waals surface area contributed by atoms with E-state index in [4.69, 9.17) is 0 Å². The first-order valence-corrected chi connectivity index (χ1v) is 7.45. The molecule has 26 heavy (non-hydrogen) atoms. The SMILES string of the molecule is Cc1cc(Nc2cnn(CC(=O)N(C)C)c2)n2nc(C(F)(F)F)nc2n1. The van der Waals surface area contributed by atoms with E-state index >= 15 is 0 Å². The number of carbonyl (C=O) groups is 1. The Labute approximate surface area is 145 Å². The van der Waals surface area contributed by atoms with Crippen molar-refractivity contribution in [2.75, 3.05) is 19.4 Å². The first-order chi connectivity index (χ1) is 12.1. The average Bonchev–Trinajstić information content (AvgIpc) is 3.13. The fourth-order valence-corrected chi connectivity index (χ4v) is 2.14. The van der Waals surface area contributed by atoms with E-state index in [1.165, 1.54) is 21.8 Å². The monoisotopic (exact) mass is 368 g/mol. The number of nitrogens with zero attached hydrogens (tertiary/aromatic N) is 7. The van der Waals surface area contributed by atoms with Crippen molar-refractivity contribution >= 4 is 23.2 Å². The number of rotatable bonds is 4. The largest absolute Gasteiger partial charge is 0.453 e. The van der Waals surface area contributed by atoms with Crippen LogP contribution < -0.4 is 5.32 Å². The van der Waals surface area contributed by atoms with E-state index < -0.39 is 12.0 Å². The fraction of sp³-hybridized carbons (Fsp3) is 0.357. The lowest BCUT2D eigenvalue weighted by atomic mass is 10.4. The maximum Gasteiger partial charge on any atom is 0.453 e. The molecule has 0 aliphatic carbocycles. The van der Waals surface area contributed by atoms with E-state index in [1.807, 2.05) is 0 Å². The summed E-state index contributed by atoms with van der Waals surface area (Å²) in [6.07, 6.45) is -1.66. The van der Waals surface area contributed by atoms with Crippen molar-refractivity contribution in [1.29, 1.82) is 0 Å². The molecular formula is C14H15F3N8O. The van der Waals surface area contributed by atoms with Crippen LogP contribution in [0.5, 0.6) is 0 Å². The Morgan fingerprint density at radius 3 is 2.69 bits per heavy atom. The molecule has 1 N–H and O–H groups in total. The van der Waals surface area contributed by atoms with Crippen molar-refractivity contribution in [2.45, 2.75) is 19.6 Å². The number of amides is 1. The van der Waals surface area contributed by atoms with Crippen LogP contribution in [0.15, 0.2) is 18.5 Å². The van der Waals surface area contributed by atoms with Crippen molar-refractivity contribution in [3.05, 3.63) is 30.0 Å². The summed E-state index contributed by atoms with van der Waals surface area (Å²) >= 11 is 0. The van der Waals surface area contributed by atoms with Gasteiger partial charge in [0, 0.05) is 32.1 Å². The molecule has 0 atom stereocenters. The number of aryl methyl sites for hydroxylation is 1. The van der Waals surface area contributed by atoms with E-state index in [1.54, 1.807) is 27.2 Å². The van der Waals surface area contributed by atoms with E-state index in [-0.39, 0.29) is 24.0 Å². The molecule has 0 spiro atoms. The number of nitrogens with one attached hydrogen (secondary N) is 1. The summed E-state index contributed by atoms with van der Waals surface area (Å²) in [5.41, 5.74) is 0.948. The molecule has 0 saturated carbocycles. The molecule has 0 aliphatic rings. The molecule has 0 fully saturated rings. The molecule has 1 amide bonds. The van der Waals surface area contributed by atoms with Gasteiger partial charge >= 0.3 is 6.18 Å². The van der Waals surface area contributed by atoms with Crippen LogP contribution in [0.4, 0.5) is 24.7 Å². The first kappa shape index (κ1) is 17.6. The lowest BCUT2D eigenvalue weighted by molar-refractivity contribution is -0.144.